The molecule has 0 saturated heterocycles. The molecule has 0 spiro atoms. The van der Waals surface area contributed by atoms with Crippen LogP contribution < -0.4 is 9.47 Å². The van der Waals surface area contributed by atoms with Crippen LogP contribution in [0.2, 0.25) is 0 Å². The topological polar surface area (TPSA) is 93.1 Å². The van der Waals surface area contributed by atoms with Gasteiger partial charge in [-0.2, -0.15) is 0 Å². The summed E-state index contributed by atoms with van der Waals surface area (Å²) in [6.45, 7) is 0. The first-order chi connectivity index (χ1) is 19.5. The zero-order valence-electron chi connectivity index (χ0n) is 21.1. The lowest BCUT2D eigenvalue weighted by atomic mass is 9.60. The van der Waals surface area contributed by atoms with Gasteiger partial charge in [0.1, 0.15) is 23.0 Å². The van der Waals surface area contributed by atoms with Crippen LogP contribution in [0.5, 0.6) is 23.0 Å². The predicted octanol–water partition coefficient (Wildman–Crippen LogP) is 7.65. The van der Waals surface area contributed by atoms with E-state index < -0.39 is 11.9 Å². The van der Waals surface area contributed by atoms with E-state index in [1.54, 1.807) is 24.3 Å². The van der Waals surface area contributed by atoms with Crippen molar-refractivity contribution in [2.75, 3.05) is 0 Å². The fraction of sp³-hybridized carbons (Fsp3) is 0.0588. The Morgan fingerprint density at radius 1 is 0.475 bits per heavy atom. The van der Waals surface area contributed by atoms with Crippen LogP contribution in [0.15, 0.2) is 109 Å². The monoisotopic (exact) mass is 526 g/mol. The molecule has 3 aliphatic carbocycles. The van der Waals surface area contributed by atoms with Gasteiger partial charge in [-0.3, -0.25) is 0 Å². The van der Waals surface area contributed by atoms with Gasteiger partial charge in [-0.15, -0.1) is 0 Å². The minimum absolute atomic E-state index is 0.0846. The van der Waals surface area contributed by atoms with Crippen LogP contribution in [0.1, 0.15) is 65.9 Å². The van der Waals surface area contributed by atoms with E-state index in [0.717, 1.165) is 11.1 Å². The van der Waals surface area contributed by atoms with Crippen molar-refractivity contribution in [1.29, 1.82) is 0 Å². The highest BCUT2D eigenvalue weighted by molar-refractivity contribution is 5.88. The van der Waals surface area contributed by atoms with Crippen molar-refractivity contribution in [3.8, 4) is 23.0 Å². The highest BCUT2D eigenvalue weighted by Gasteiger charge is 2.44. The molecule has 6 nitrogen and oxygen atoms in total. The minimum atomic E-state index is -0.993. The highest BCUT2D eigenvalue weighted by atomic mass is 16.5. The maximum atomic E-state index is 11.3. The predicted molar refractivity (Wildman–Crippen MR) is 148 cm³/mol. The van der Waals surface area contributed by atoms with Crippen molar-refractivity contribution in [2.45, 2.75) is 11.8 Å². The molecule has 6 heteroatoms. The van der Waals surface area contributed by atoms with Crippen LogP contribution in [-0.4, -0.2) is 22.2 Å². The summed E-state index contributed by atoms with van der Waals surface area (Å²) in [7, 11) is 0. The first kappa shape index (κ1) is 23.7. The van der Waals surface area contributed by atoms with Gasteiger partial charge in [0.25, 0.3) is 0 Å². The summed E-state index contributed by atoms with van der Waals surface area (Å²) in [6.07, 6.45) is 0. The van der Waals surface area contributed by atoms with Crippen LogP contribution in [0.4, 0.5) is 0 Å². The van der Waals surface area contributed by atoms with E-state index in [0.29, 0.717) is 23.0 Å². The minimum Gasteiger partial charge on any atom is -0.478 e. The summed E-state index contributed by atoms with van der Waals surface area (Å²) in [5.74, 6) is 0.259. The Bertz CT molecular complexity index is 1620. The van der Waals surface area contributed by atoms with Crippen LogP contribution in [0.3, 0.4) is 0 Å². The van der Waals surface area contributed by atoms with Crippen LogP contribution in [0, 0.1) is 0 Å². The summed E-state index contributed by atoms with van der Waals surface area (Å²) in [5.41, 5.74) is 7.25. The Kier molecular flexibility index (Phi) is 5.42. The molecule has 8 rings (SSSR count). The third-order valence-corrected chi connectivity index (χ3v) is 7.68. The molecule has 0 aromatic heterocycles. The lowest BCUT2D eigenvalue weighted by Crippen LogP contribution is -2.28. The standard InChI is InChI=1S/C34H22O6/c35-33(36)19-9-13-21(14-10-19)39-27-17-18-28(40-22-15-11-20(12-16-22)34(37)38)32-30-24-6-2-1-5-23(24)29(31(27)32)25-7-3-4-8-26(25)30/h1-18,29-30H,(H,35,36)(H,37,38). The van der Waals surface area contributed by atoms with Crippen molar-refractivity contribution in [3.05, 3.63) is 154 Å². The van der Waals surface area contributed by atoms with Crippen molar-refractivity contribution >= 4 is 11.9 Å². The summed E-state index contributed by atoms with van der Waals surface area (Å²) in [4.78, 5) is 22.7. The number of carbonyl (C=O) groups is 2. The van der Waals surface area contributed by atoms with Crippen molar-refractivity contribution in [1.82, 2.24) is 0 Å². The zero-order valence-corrected chi connectivity index (χ0v) is 21.1. The molecule has 0 aliphatic heterocycles. The van der Waals surface area contributed by atoms with Gasteiger partial charge in [-0.05, 0) is 82.9 Å². The summed E-state index contributed by atoms with van der Waals surface area (Å²) in [5, 5.41) is 18.6. The fourth-order valence-corrected chi connectivity index (χ4v) is 5.99. The normalized spacial score (nSPS) is 15.9. The van der Waals surface area contributed by atoms with E-state index >= 15 is 0 Å². The molecule has 194 valence electrons. The molecule has 5 aromatic carbocycles. The maximum Gasteiger partial charge on any atom is 0.335 e. The first-order valence-corrected chi connectivity index (χ1v) is 12.9. The molecule has 5 aromatic rings. The van der Waals surface area contributed by atoms with Crippen molar-refractivity contribution in [2.24, 2.45) is 0 Å². The Labute approximate surface area is 229 Å². The quantitative estimate of drug-likeness (QED) is 0.231. The van der Waals surface area contributed by atoms with Gasteiger partial charge in [-0.25, -0.2) is 9.59 Å². The molecule has 0 radical (unpaired) electrons. The van der Waals surface area contributed by atoms with E-state index in [1.165, 1.54) is 46.5 Å². The molecular weight excluding hydrogens is 504 g/mol. The number of benzene rings is 5. The number of ether oxygens (including phenoxy) is 2. The molecule has 0 heterocycles. The number of aromatic carboxylic acids is 2. The van der Waals surface area contributed by atoms with Crippen LogP contribution in [0.25, 0.3) is 0 Å². The van der Waals surface area contributed by atoms with Crippen molar-refractivity contribution in [3.63, 3.8) is 0 Å². The van der Waals surface area contributed by atoms with Gasteiger partial charge in [0, 0.05) is 23.0 Å². The van der Waals surface area contributed by atoms with E-state index in [-0.39, 0.29) is 23.0 Å². The first-order valence-electron chi connectivity index (χ1n) is 12.9. The van der Waals surface area contributed by atoms with E-state index in [1.807, 2.05) is 12.1 Å². The van der Waals surface area contributed by atoms with Gasteiger partial charge < -0.3 is 19.7 Å². The molecule has 40 heavy (non-hydrogen) atoms. The zero-order chi connectivity index (χ0) is 27.4. The smallest absolute Gasteiger partial charge is 0.335 e. The average molecular weight is 527 g/mol. The number of carboxylic acid groups (broad SMARTS) is 2. The number of carboxylic acids is 2. The molecule has 2 bridgehead atoms. The van der Waals surface area contributed by atoms with Gasteiger partial charge in [0.15, 0.2) is 0 Å². The van der Waals surface area contributed by atoms with Crippen LogP contribution in [-0.2, 0) is 0 Å². The average Bonchev–Trinajstić information content (AvgIpc) is 2.98. The number of hydrogen-bond acceptors (Lipinski definition) is 4. The number of rotatable bonds is 6. The molecule has 0 atom stereocenters. The Balaban J connectivity index is 1.40. The SMILES string of the molecule is O=C(O)c1ccc(Oc2ccc(Oc3ccc(C(=O)O)cc3)c3c2C2c4ccccc4C3c3ccccc32)cc1. The van der Waals surface area contributed by atoms with E-state index in [4.69, 9.17) is 9.47 Å². The van der Waals surface area contributed by atoms with E-state index in [2.05, 4.69) is 48.5 Å². The Morgan fingerprint density at radius 2 is 0.800 bits per heavy atom. The largest absolute Gasteiger partial charge is 0.478 e. The summed E-state index contributed by atoms with van der Waals surface area (Å²) < 4.78 is 12.9. The summed E-state index contributed by atoms with van der Waals surface area (Å²) in [6, 6.07) is 33.4. The molecule has 0 saturated carbocycles. The second kappa shape index (κ2) is 9.13. The Hall–Kier alpha value is -5.36. The molecule has 3 aliphatic rings. The third-order valence-electron chi connectivity index (χ3n) is 7.68. The fourth-order valence-electron chi connectivity index (χ4n) is 5.99. The van der Waals surface area contributed by atoms with Gasteiger partial charge in [0.2, 0.25) is 0 Å². The lowest BCUT2D eigenvalue weighted by molar-refractivity contribution is 0.0686. The molecule has 0 unspecified atom stereocenters. The second-order valence-corrected chi connectivity index (χ2v) is 9.88. The molecule has 0 fully saturated rings. The van der Waals surface area contributed by atoms with Crippen LogP contribution >= 0.6 is 0 Å². The second-order valence-electron chi connectivity index (χ2n) is 9.88. The van der Waals surface area contributed by atoms with Gasteiger partial charge >= 0.3 is 11.9 Å². The molecule has 2 N–H and O–H groups in total. The van der Waals surface area contributed by atoms with Gasteiger partial charge in [-0.1, -0.05) is 48.5 Å². The van der Waals surface area contributed by atoms with Crippen molar-refractivity contribution < 1.29 is 29.3 Å². The lowest BCUT2D eigenvalue weighted by Gasteiger charge is -2.43. The number of hydrogen-bond donors (Lipinski definition) is 2. The highest BCUT2D eigenvalue weighted by Crippen LogP contribution is 2.60. The van der Waals surface area contributed by atoms with E-state index in [9.17, 15) is 19.8 Å². The Morgan fingerprint density at radius 3 is 1.10 bits per heavy atom. The summed E-state index contributed by atoms with van der Waals surface area (Å²) >= 11 is 0. The third kappa shape index (κ3) is 3.73. The maximum absolute atomic E-state index is 11.3. The van der Waals surface area contributed by atoms with Gasteiger partial charge in [0.05, 0.1) is 11.1 Å². The molecule has 0 amide bonds. The molecular formula is C34H22O6.